The lowest BCUT2D eigenvalue weighted by Gasteiger charge is -2.27. The summed E-state index contributed by atoms with van der Waals surface area (Å²) in [5, 5.41) is 20.8. The lowest BCUT2D eigenvalue weighted by Crippen LogP contribution is -2.41. The lowest BCUT2D eigenvalue weighted by atomic mass is 10.0. The number of carboxylic acid groups (broad SMARTS) is 1. The Morgan fingerprint density at radius 3 is 2.73 bits per heavy atom. The summed E-state index contributed by atoms with van der Waals surface area (Å²) < 4.78 is 31.7. The van der Waals surface area contributed by atoms with Crippen molar-refractivity contribution in [1.82, 2.24) is 24.7 Å². The number of carbonyl (C=O) groups excluding carboxylic acids is 1. The molecule has 190 valence electrons. The van der Waals surface area contributed by atoms with Crippen LogP contribution in [0.15, 0.2) is 48.9 Å². The Hall–Kier alpha value is -4.28. The van der Waals surface area contributed by atoms with Gasteiger partial charge in [0.05, 0.1) is 41.8 Å². The number of aromatic carboxylic acids is 1. The van der Waals surface area contributed by atoms with Crippen LogP contribution in [0, 0.1) is 11.6 Å². The van der Waals surface area contributed by atoms with Crippen molar-refractivity contribution in [3.8, 4) is 0 Å². The van der Waals surface area contributed by atoms with Crippen molar-refractivity contribution < 1.29 is 23.5 Å². The molecule has 1 amide bonds. The number of carboxylic acids is 1. The maximum Gasteiger partial charge on any atom is 0.339 e. The van der Waals surface area contributed by atoms with E-state index >= 15 is 0 Å². The van der Waals surface area contributed by atoms with Crippen molar-refractivity contribution in [2.24, 2.45) is 0 Å². The summed E-state index contributed by atoms with van der Waals surface area (Å²) in [6, 6.07) is 6.72. The van der Waals surface area contributed by atoms with Crippen LogP contribution < -0.4 is 10.2 Å². The molecule has 1 aromatic carbocycles. The van der Waals surface area contributed by atoms with Gasteiger partial charge in [-0.3, -0.25) is 9.48 Å². The normalized spacial score (nSPS) is 19.2. The molecule has 4 aromatic rings. The standard InChI is InChI=1S/C26H24F2N6O3/c27-15-3-5-21(28)18(10-15)22-2-1-8-32(22)17-7-9-33-24(11-17)19(12-29-33)25(35)31-16-4-6-23-20(26(36)37)13-30-34(23)14-16/h3,5,7,9-13,16,22H,1-2,4,6,8,14H2,(H,31,35)(H,36,37)/t16?,22-/m1/s1. The molecule has 37 heavy (non-hydrogen) atoms. The van der Waals surface area contributed by atoms with E-state index in [4.69, 9.17) is 0 Å². The number of nitrogens with zero attached hydrogens (tertiary/aromatic N) is 5. The first-order valence-electron chi connectivity index (χ1n) is 12.2. The van der Waals surface area contributed by atoms with E-state index in [1.54, 1.807) is 15.4 Å². The SMILES string of the molecule is O=C(O)c1cnn2c1CCC(NC(=O)c1cnn3ccc(N4CCC[C@@H]4c4cc(F)ccc4F)cc13)C2. The summed E-state index contributed by atoms with van der Waals surface area (Å²) >= 11 is 0. The van der Waals surface area contributed by atoms with E-state index in [2.05, 4.69) is 15.5 Å². The molecule has 1 saturated heterocycles. The first-order valence-corrected chi connectivity index (χ1v) is 12.2. The van der Waals surface area contributed by atoms with Crippen molar-refractivity contribution in [1.29, 1.82) is 0 Å². The molecule has 0 bridgehead atoms. The minimum Gasteiger partial charge on any atom is -0.478 e. The number of fused-ring (bicyclic) bond motifs is 2. The third-order valence-corrected chi connectivity index (χ3v) is 7.29. The molecule has 2 aliphatic heterocycles. The third-order valence-electron chi connectivity index (χ3n) is 7.29. The molecule has 2 atom stereocenters. The Bertz CT molecular complexity index is 1530. The summed E-state index contributed by atoms with van der Waals surface area (Å²) in [5.74, 6) is -2.21. The maximum atomic E-state index is 14.5. The van der Waals surface area contributed by atoms with Crippen LogP contribution in [-0.2, 0) is 13.0 Å². The number of aromatic nitrogens is 4. The smallest absolute Gasteiger partial charge is 0.339 e. The Balaban J connectivity index is 1.24. The highest BCUT2D eigenvalue weighted by molar-refractivity contribution is 6.01. The van der Waals surface area contributed by atoms with Gasteiger partial charge in [-0.25, -0.2) is 18.1 Å². The van der Waals surface area contributed by atoms with E-state index in [1.165, 1.54) is 18.5 Å². The molecule has 0 spiro atoms. The van der Waals surface area contributed by atoms with Gasteiger partial charge in [-0.2, -0.15) is 10.2 Å². The van der Waals surface area contributed by atoms with E-state index in [9.17, 15) is 23.5 Å². The average Bonchev–Trinajstić information content (AvgIpc) is 3.62. The zero-order valence-corrected chi connectivity index (χ0v) is 19.8. The van der Waals surface area contributed by atoms with Crippen LogP contribution in [-0.4, -0.2) is 49.0 Å². The molecule has 5 heterocycles. The minimum absolute atomic E-state index is 0.193. The van der Waals surface area contributed by atoms with Gasteiger partial charge in [0.2, 0.25) is 0 Å². The molecule has 2 N–H and O–H groups in total. The molecule has 6 rings (SSSR count). The molecule has 3 aromatic heterocycles. The van der Waals surface area contributed by atoms with Gasteiger partial charge in [-0.15, -0.1) is 0 Å². The van der Waals surface area contributed by atoms with Gasteiger partial charge < -0.3 is 15.3 Å². The Labute approximate surface area is 210 Å². The second-order valence-electron chi connectivity index (χ2n) is 9.49. The number of pyridine rings is 1. The molecular formula is C26H24F2N6O3. The van der Waals surface area contributed by atoms with Gasteiger partial charge in [0.25, 0.3) is 5.91 Å². The van der Waals surface area contributed by atoms with E-state index in [-0.39, 0.29) is 23.6 Å². The average molecular weight is 507 g/mol. The summed E-state index contributed by atoms with van der Waals surface area (Å²) in [5.41, 5.74) is 2.97. The fourth-order valence-electron chi connectivity index (χ4n) is 5.49. The molecule has 9 nitrogen and oxygen atoms in total. The van der Waals surface area contributed by atoms with Crippen LogP contribution in [0.3, 0.4) is 0 Å². The number of benzene rings is 1. The van der Waals surface area contributed by atoms with Crippen LogP contribution in [0.5, 0.6) is 0 Å². The lowest BCUT2D eigenvalue weighted by molar-refractivity contribution is 0.0694. The van der Waals surface area contributed by atoms with E-state index in [0.29, 0.717) is 54.7 Å². The summed E-state index contributed by atoms with van der Waals surface area (Å²) in [6.07, 6.45) is 7.22. The van der Waals surface area contributed by atoms with Gasteiger partial charge >= 0.3 is 5.97 Å². The second kappa shape index (κ2) is 8.99. The molecule has 11 heteroatoms. The Kier molecular flexibility index (Phi) is 5.62. The highest BCUT2D eigenvalue weighted by Crippen LogP contribution is 2.38. The predicted molar refractivity (Wildman–Crippen MR) is 130 cm³/mol. The maximum absolute atomic E-state index is 14.5. The highest BCUT2D eigenvalue weighted by Gasteiger charge is 2.30. The Morgan fingerprint density at radius 1 is 1.05 bits per heavy atom. The fourth-order valence-corrected chi connectivity index (χ4v) is 5.49. The zero-order valence-electron chi connectivity index (χ0n) is 19.8. The first-order chi connectivity index (χ1) is 17.9. The number of hydrogen-bond acceptors (Lipinski definition) is 5. The second-order valence-corrected chi connectivity index (χ2v) is 9.49. The van der Waals surface area contributed by atoms with E-state index in [1.807, 2.05) is 17.0 Å². The van der Waals surface area contributed by atoms with Gasteiger partial charge in [-0.1, -0.05) is 0 Å². The van der Waals surface area contributed by atoms with Crippen LogP contribution in [0.2, 0.25) is 0 Å². The van der Waals surface area contributed by atoms with Gasteiger partial charge in [0.15, 0.2) is 0 Å². The minimum atomic E-state index is -1.01. The van der Waals surface area contributed by atoms with Crippen LogP contribution in [0.1, 0.15) is 57.3 Å². The monoisotopic (exact) mass is 506 g/mol. The van der Waals surface area contributed by atoms with Gasteiger partial charge in [0, 0.05) is 30.0 Å². The number of anilines is 1. The number of amides is 1. The van der Waals surface area contributed by atoms with Crippen molar-refractivity contribution in [2.45, 2.75) is 44.3 Å². The van der Waals surface area contributed by atoms with Crippen molar-refractivity contribution in [3.05, 3.63) is 82.9 Å². The fraction of sp³-hybridized carbons (Fsp3) is 0.308. The molecule has 1 fully saturated rings. The van der Waals surface area contributed by atoms with Crippen molar-refractivity contribution in [3.63, 3.8) is 0 Å². The number of nitrogens with one attached hydrogen (secondary N) is 1. The number of halogens is 2. The quantitative estimate of drug-likeness (QED) is 0.429. The third kappa shape index (κ3) is 4.09. The summed E-state index contributed by atoms with van der Waals surface area (Å²) in [4.78, 5) is 26.6. The van der Waals surface area contributed by atoms with Gasteiger partial charge in [-0.05, 0) is 56.0 Å². The van der Waals surface area contributed by atoms with E-state index in [0.717, 1.165) is 24.2 Å². The number of rotatable bonds is 5. The summed E-state index contributed by atoms with van der Waals surface area (Å²) in [6.45, 7) is 1.06. The highest BCUT2D eigenvalue weighted by atomic mass is 19.1. The molecule has 2 aliphatic rings. The Morgan fingerprint density at radius 2 is 1.89 bits per heavy atom. The molecular weight excluding hydrogens is 482 g/mol. The topological polar surface area (TPSA) is 105 Å². The van der Waals surface area contributed by atoms with Crippen LogP contribution in [0.4, 0.5) is 14.5 Å². The first kappa shape index (κ1) is 23.1. The molecule has 0 saturated carbocycles. The largest absolute Gasteiger partial charge is 0.478 e. The van der Waals surface area contributed by atoms with E-state index < -0.39 is 17.6 Å². The predicted octanol–water partition coefficient (Wildman–Crippen LogP) is 3.59. The summed E-state index contributed by atoms with van der Waals surface area (Å²) in [7, 11) is 0. The number of carbonyl (C=O) groups is 2. The zero-order chi connectivity index (χ0) is 25.7. The van der Waals surface area contributed by atoms with Crippen LogP contribution in [0.25, 0.3) is 5.52 Å². The van der Waals surface area contributed by atoms with Crippen LogP contribution >= 0.6 is 0 Å². The molecule has 1 unspecified atom stereocenters. The van der Waals surface area contributed by atoms with Crippen molar-refractivity contribution >= 4 is 23.1 Å². The number of hydrogen-bond donors (Lipinski definition) is 2. The molecule has 0 radical (unpaired) electrons. The molecule has 0 aliphatic carbocycles. The van der Waals surface area contributed by atoms with Crippen molar-refractivity contribution in [2.75, 3.05) is 11.4 Å². The van der Waals surface area contributed by atoms with Gasteiger partial charge in [0.1, 0.15) is 17.2 Å².